The summed E-state index contributed by atoms with van der Waals surface area (Å²) >= 11 is 0. The molecule has 2 aromatic heterocycles. The molecular weight excluding hydrogens is 304 g/mol. The third kappa shape index (κ3) is 3.11. The molecule has 1 amide bonds. The van der Waals surface area contributed by atoms with E-state index in [2.05, 4.69) is 31.0 Å². The lowest BCUT2D eigenvalue weighted by atomic mass is 9.90. The molecule has 0 saturated carbocycles. The molecule has 1 unspecified atom stereocenters. The van der Waals surface area contributed by atoms with Gasteiger partial charge in [-0.1, -0.05) is 0 Å². The van der Waals surface area contributed by atoms with Gasteiger partial charge in [-0.05, 0) is 52.4 Å². The Balaban J connectivity index is 1.87. The summed E-state index contributed by atoms with van der Waals surface area (Å²) in [5.41, 5.74) is 2.95. The monoisotopic (exact) mass is 330 g/mol. The number of nitrogens with zero attached hydrogens (tertiary/aromatic N) is 4. The minimum absolute atomic E-state index is 0.0331. The molecule has 0 N–H and O–H groups in total. The van der Waals surface area contributed by atoms with E-state index in [9.17, 15) is 4.79 Å². The zero-order chi connectivity index (χ0) is 17.3. The molecule has 0 spiro atoms. The van der Waals surface area contributed by atoms with Gasteiger partial charge in [0, 0.05) is 30.9 Å². The van der Waals surface area contributed by atoms with Crippen LogP contribution in [0.2, 0.25) is 0 Å². The topological polar surface area (TPSA) is 54.5 Å². The molecule has 2 heterocycles. The summed E-state index contributed by atoms with van der Waals surface area (Å²) in [6.45, 7) is 3.33. The summed E-state index contributed by atoms with van der Waals surface area (Å²) in [7, 11) is 6.00. The molecule has 0 fully saturated rings. The lowest BCUT2D eigenvalue weighted by molar-refractivity contribution is 0.0767. The summed E-state index contributed by atoms with van der Waals surface area (Å²) in [4.78, 5) is 16.9. The van der Waals surface area contributed by atoms with Gasteiger partial charge in [-0.15, -0.1) is 0 Å². The van der Waals surface area contributed by atoms with Gasteiger partial charge in [0.2, 0.25) is 0 Å². The Bertz CT molecular complexity index is 703. The first-order valence-electron chi connectivity index (χ1n) is 8.54. The lowest BCUT2D eigenvalue weighted by Gasteiger charge is -2.29. The molecule has 0 bridgehead atoms. The molecule has 0 radical (unpaired) electrons. The van der Waals surface area contributed by atoms with Crippen LogP contribution in [-0.2, 0) is 25.9 Å². The van der Waals surface area contributed by atoms with E-state index in [1.54, 1.807) is 18.2 Å². The average Bonchev–Trinajstić information content (AvgIpc) is 3.20. The Morgan fingerprint density at radius 3 is 2.83 bits per heavy atom. The predicted octanol–water partition coefficient (Wildman–Crippen LogP) is 2.19. The first-order valence-corrected chi connectivity index (χ1v) is 8.54. The number of hydrogen-bond acceptors (Lipinski definition) is 4. The molecule has 3 rings (SSSR count). The van der Waals surface area contributed by atoms with E-state index >= 15 is 0 Å². The van der Waals surface area contributed by atoms with E-state index in [1.165, 1.54) is 5.69 Å². The van der Waals surface area contributed by atoms with Crippen LogP contribution < -0.4 is 0 Å². The Morgan fingerprint density at radius 2 is 2.21 bits per heavy atom. The smallest absolute Gasteiger partial charge is 0.274 e. The van der Waals surface area contributed by atoms with Crippen LogP contribution in [0.4, 0.5) is 0 Å². The second kappa shape index (κ2) is 6.81. The van der Waals surface area contributed by atoms with Gasteiger partial charge in [0.25, 0.3) is 5.91 Å². The molecule has 6 heteroatoms. The fourth-order valence-corrected chi connectivity index (χ4v) is 3.43. The summed E-state index contributed by atoms with van der Waals surface area (Å²) in [6, 6.07) is 4.18. The molecule has 0 saturated heterocycles. The van der Waals surface area contributed by atoms with E-state index in [4.69, 9.17) is 4.42 Å². The van der Waals surface area contributed by atoms with Gasteiger partial charge < -0.3 is 14.2 Å². The highest BCUT2D eigenvalue weighted by molar-refractivity contribution is 5.94. The normalized spacial score (nSPS) is 17.1. The molecule has 2 aromatic rings. The number of hydrogen-bond donors (Lipinski definition) is 0. The highest BCUT2D eigenvalue weighted by atomic mass is 16.3. The number of likely N-dealkylation sites (N-methyl/N-ethyl adjacent to an activating group) is 1. The maximum Gasteiger partial charge on any atom is 0.274 e. The molecule has 1 atom stereocenters. The highest BCUT2D eigenvalue weighted by Gasteiger charge is 2.30. The van der Waals surface area contributed by atoms with Crippen molar-refractivity contribution in [1.82, 2.24) is 19.6 Å². The Kier molecular flexibility index (Phi) is 4.76. The van der Waals surface area contributed by atoms with Crippen LogP contribution in [0, 0.1) is 0 Å². The van der Waals surface area contributed by atoms with Gasteiger partial charge in [0.1, 0.15) is 5.76 Å². The number of carbonyl (C=O) groups is 1. The number of carbonyl (C=O) groups excluding carboxylic acids is 1. The van der Waals surface area contributed by atoms with Crippen molar-refractivity contribution >= 4 is 5.91 Å². The van der Waals surface area contributed by atoms with Gasteiger partial charge in [-0.2, -0.15) is 5.10 Å². The highest BCUT2D eigenvalue weighted by Crippen LogP contribution is 2.27. The fourth-order valence-electron chi connectivity index (χ4n) is 3.43. The van der Waals surface area contributed by atoms with E-state index < -0.39 is 0 Å². The van der Waals surface area contributed by atoms with Crippen LogP contribution in [0.25, 0.3) is 0 Å². The first-order chi connectivity index (χ1) is 11.5. The molecule has 24 heavy (non-hydrogen) atoms. The van der Waals surface area contributed by atoms with E-state index in [1.807, 2.05) is 16.8 Å². The number of aryl methyl sites for hydroxylation is 1. The number of rotatable bonds is 5. The van der Waals surface area contributed by atoms with Crippen molar-refractivity contribution in [1.29, 1.82) is 0 Å². The summed E-state index contributed by atoms with van der Waals surface area (Å²) in [5.74, 6) is 0.745. The molecule has 1 aliphatic rings. The van der Waals surface area contributed by atoms with Crippen molar-refractivity contribution in [3.63, 3.8) is 0 Å². The second-order valence-corrected chi connectivity index (χ2v) is 6.69. The molecule has 0 aliphatic heterocycles. The molecule has 0 aromatic carbocycles. The van der Waals surface area contributed by atoms with Gasteiger partial charge in [-0.25, -0.2) is 0 Å². The number of amides is 1. The third-order valence-electron chi connectivity index (χ3n) is 4.87. The summed E-state index contributed by atoms with van der Waals surface area (Å²) in [5, 5.41) is 4.63. The van der Waals surface area contributed by atoms with Crippen LogP contribution in [0.15, 0.2) is 22.8 Å². The van der Waals surface area contributed by atoms with Crippen molar-refractivity contribution in [3.05, 3.63) is 41.1 Å². The summed E-state index contributed by atoms with van der Waals surface area (Å²) in [6.07, 6.45) is 4.61. The third-order valence-corrected chi connectivity index (χ3v) is 4.87. The summed E-state index contributed by atoms with van der Waals surface area (Å²) < 4.78 is 7.35. The minimum atomic E-state index is -0.0331. The van der Waals surface area contributed by atoms with Gasteiger partial charge >= 0.3 is 0 Å². The maximum absolute atomic E-state index is 12.9. The SMILES string of the molecule is CCn1nc(C(=O)N(C)Cc2ccco2)c2c1CCC(N(C)C)C2. The Labute approximate surface area is 143 Å². The zero-order valence-electron chi connectivity index (χ0n) is 15.0. The first kappa shape index (κ1) is 16.8. The van der Waals surface area contributed by atoms with Gasteiger partial charge in [0.05, 0.1) is 12.8 Å². The second-order valence-electron chi connectivity index (χ2n) is 6.69. The molecule has 6 nitrogen and oxygen atoms in total. The van der Waals surface area contributed by atoms with Crippen LogP contribution >= 0.6 is 0 Å². The predicted molar refractivity (Wildman–Crippen MR) is 91.9 cm³/mol. The van der Waals surface area contributed by atoms with Crippen LogP contribution in [0.3, 0.4) is 0 Å². The molecular formula is C18H26N4O2. The molecule has 1 aliphatic carbocycles. The number of furan rings is 1. The fraction of sp³-hybridized carbons (Fsp3) is 0.556. The Morgan fingerprint density at radius 1 is 1.42 bits per heavy atom. The van der Waals surface area contributed by atoms with E-state index in [0.29, 0.717) is 18.3 Å². The van der Waals surface area contributed by atoms with Crippen molar-refractivity contribution < 1.29 is 9.21 Å². The average molecular weight is 330 g/mol. The van der Waals surface area contributed by atoms with E-state index in [-0.39, 0.29) is 5.91 Å². The van der Waals surface area contributed by atoms with Crippen LogP contribution in [0.5, 0.6) is 0 Å². The number of aromatic nitrogens is 2. The molecule has 130 valence electrons. The van der Waals surface area contributed by atoms with Gasteiger partial charge in [-0.3, -0.25) is 9.48 Å². The van der Waals surface area contributed by atoms with Crippen molar-refractivity contribution in [2.75, 3.05) is 21.1 Å². The zero-order valence-corrected chi connectivity index (χ0v) is 15.0. The van der Waals surface area contributed by atoms with E-state index in [0.717, 1.165) is 37.1 Å². The maximum atomic E-state index is 12.9. The van der Waals surface area contributed by atoms with Crippen LogP contribution in [0.1, 0.15) is 40.9 Å². The standard InChI is InChI=1S/C18H26N4O2/c1-5-22-16-9-8-13(20(2)3)11-15(16)17(19-22)18(23)21(4)12-14-7-6-10-24-14/h6-7,10,13H,5,8-9,11-12H2,1-4H3. The quantitative estimate of drug-likeness (QED) is 0.843. The number of fused-ring (bicyclic) bond motifs is 1. The van der Waals surface area contributed by atoms with Gasteiger partial charge in [0.15, 0.2) is 5.69 Å². The van der Waals surface area contributed by atoms with Crippen molar-refractivity contribution in [2.45, 2.75) is 45.3 Å². The Hall–Kier alpha value is -2.08. The minimum Gasteiger partial charge on any atom is -0.467 e. The lowest BCUT2D eigenvalue weighted by Crippen LogP contribution is -2.35. The van der Waals surface area contributed by atoms with Crippen molar-refractivity contribution in [2.24, 2.45) is 0 Å². The van der Waals surface area contributed by atoms with Crippen molar-refractivity contribution in [3.8, 4) is 0 Å². The largest absolute Gasteiger partial charge is 0.467 e. The van der Waals surface area contributed by atoms with Crippen LogP contribution in [-0.4, -0.2) is 52.7 Å².